The van der Waals surface area contributed by atoms with Gasteiger partial charge in [-0.3, -0.25) is 0 Å². The second-order valence-corrected chi connectivity index (χ2v) is 7.06. The summed E-state index contributed by atoms with van der Waals surface area (Å²) in [5.41, 5.74) is 0.117. The van der Waals surface area contributed by atoms with E-state index in [4.69, 9.17) is 11.6 Å². The van der Waals surface area contributed by atoms with E-state index in [9.17, 15) is 5.11 Å². The summed E-state index contributed by atoms with van der Waals surface area (Å²) >= 11 is 9.08. The molecule has 0 bridgehead atoms. The van der Waals surface area contributed by atoms with Crippen molar-refractivity contribution in [1.29, 1.82) is 0 Å². The first-order chi connectivity index (χ1) is 8.49. The maximum Gasteiger partial charge on any atom is 0.100 e. The fourth-order valence-corrected chi connectivity index (χ4v) is 3.56. The van der Waals surface area contributed by atoms with E-state index in [1.165, 1.54) is 4.88 Å². The first-order valence-electron chi connectivity index (χ1n) is 5.73. The third kappa shape index (κ3) is 3.33. The van der Waals surface area contributed by atoms with Gasteiger partial charge < -0.3 is 10.4 Å². The molecular weight excluding hydrogens is 286 g/mol. The molecule has 0 saturated heterocycles. The molecular formula is C13H16ClNOS2. The van der Waals surface area contributed by atoms with Crippen molar-refractivity contribution < 1.29 is 5.11 Å². The molecule has 0 spiro atoms. The zero-order chi connectivity index (χ0) is 13.2. The van der Waals surface area contributed by atoms with Gasteiger partial charge in [0.1, 0.15) is 5.60 Å². The zero-order valence-corrected chi connectivity index (χ0v) is 12.7. The summed E-state index contributed by atoms with van der Waals surface area (Å²) in [7, 11) is 0. The Kier molecular flexibility index (Phi) is 4.45. The van der Waals surface area contributed by atoms with E-state index >= 15 is 0 Å². The van der Waals surface area contributed by atoms with Crippen LogP contribution >= 0.6 is 34.3 Å². The lowest BCUT2D eigenvalue weighted by Gasteiger charge is -2.25. The highest BCUT2D eigenvalue weighted by atomic mass is 35.5. The number of rotatable bonds is 5. The summed E-state index contributed by atoms with van der Waals surface area (Å²) in [5.74, 6) is 0. The molecule has 0 fully saturated rings. The fourth-order valence-electron chi connectivity index (χ4n) is 1.69. The molecule has 5 heteroatoms. The molecule has 0 amide bonds. The minimum absolute atomic E-state index is 0.188. The topological polar surface area (TPSA) is 32.3 Å². The first-order valence-corrected chi connectivity index (χ1v) is 7.86. The summed E-state index contributed by atoms with van der Waals surface area (Å²) < 4.78 is 0.795. The smallest absolute Gasteiger partial charge is 0.100 e. The lowest BCUT2D eigenvalue weighted by molar-refractivity contribution is 0.0549. The largest absolute Gasteiger partial charge is 0.384 e. The molecule has 2 unspecified atom stereocenters. The summed E-state index contributed by atoms with van der Waals surface area (Å²) in [6.07, 6.45) is 0. The van der Waals surface area contributed by atoms with E-state index in [1.807, 2.05) is 35.9 Å². The van der Waals surface area contributed by atoms with Crippen molar-refractivity contribution in [2.45, 2.75) is 25.5 Å². The van der Waals surface area contributed by atoms with Crippen LogP contribution in [0.3, 0.4) is 0 Å². The Hall–Kier alpha value is -0.390. The SMILES string of the molecule is CC(NCC(C)(O)c1ccsc1)c1ccc(Cl)s1. The molecule has 0 saturated carbocycles. The van der Waals surface area contributed by atoms with Gasteiger partial charge in [0.15, 0.2) is 0 Å². The molecule has 2 aromatic rings. The van der Waals surface area contributed by atoms with Crippen LogP contribution in [0, 0.1) is 0 Å². The summed E-state index contributed by atoms with van der Waals surface area (Å²) in [6, 6.07) is 6.06. The fraction of sp³-hybridized carbons (Fsp3) is 0.385. The van der Waals surface area contributed by atoms with Gasteiger partial charge in [0.25, 0.3) is 0 Å². The second-order valence-electron chi connectivity index (χ2n) is 4.53. The molecule has 0 aliphatic rings. The van der Waals surface area contributed by atoms with E-state index in [2.05, 4.69) is 12.2 Å². The van der Waals surface area contributed by atoms with Crippen LogP contribution in [0.4, 0.5) is 0 Å². The number of aliphatic hydroxyl groups is 1. The maximum atomic E-state index is 10.4. The molecule has 0 aromatic carbocycles. The highest BCUT2D eigenvalue weighted by molar-refractivity contribution is 7.16. The van der Waals surface area contributed by atoms with Gasteiger partial charge in [-0.05, 0) is 48.4 Å². The lowest BCUT2D eigenvalue weighted by atomic mass is 9.99. The minimum Gasteiger partial charge on any atom is -0.384 e. The maximum absolute atomic E-state index is 10.4. The predicted molar refractivity (Wildman–Crippen MR) is 79.6 cm³/mol. The third-order valence-corrected chi connectivity index (χ3v) is 5.01. The standard InChI is InChI=1S/C13H16ClNOS2/c1-9(11-3-4-12(14)18-11)15-8-13(2,16)10-5-6-17-7-10/h3-7,9,15-16H,8H2,1-2H3. The Morgan fingerprint density at radius 1 is 1.44 bits per heavy atom. The summed E-state index contributed by atoms with van der Waals surface area (Å²) in [6.45, 7) is 4.42. The lowest BCUT2D eigenvalue weighted by Crippen LogP contribution is -2.36. The Bertz CT molecular complexity index is 493. The van der Waals surface area contributed by atoms with Gasteiger partial charge in [0.2, 0.25) is 0 Å². The Balaban J connectivity index is 1.95. The number of thiophene rings is 2. The second kappa shape index (κ2) is 5.72. The molecule has 98 valence electrons. The van der Waals surface area contributed by atoms with Gasteiger partial charge in [-0.25, -0.2) is 0 Å². The molecule has 2 aromatic heterocycles. The van der Waals surface area contributed by atoms with E-state index < -0.39 is 5.60 Å². The summed E-state index contributed by atoms with van der Waals surface area (Å²) in [4.78, 5) is 1.18. The van der Waals surface area contributed by atoms with Crippen molar-refractivity contribution in [3.63, 3.8) is 0 Å². The highest BCUT2D eigenvalue weighted by Gasteiger charge is 2.24. The van der Waals surface area contributed by atoms with E-state index in [0.29, 0.717) is 6.54 Å². The van der Waals surface area contributed by atoms with Gasteiger partial charge in [0.05, 0.1) is 4.34 Å². The van der Waals surface area contributed by atoms with Crippen LogP contribution in [0.5, 0.6) is 0 Å². The Morgan fingerprint density at radius 2 is 2.22 bits per heavy atom. The van der Waals surface area contributed by atoms with Crippen LogP contribution in [-0.4, -0.2) is 11.7 Å². The molecule has 0 aliphatic heterocycles. The van der Waals surface area contributed by atoms with Crippen LogP contribution in [-0.2, 0) is 5.60 Å². The molecule has 2 heterocycles. The zero-order valence-electron chi connectivity index (χ0n) is 10.3. The van der Waals surface area contributed by atoms with Crippen LogP contribution in [0.25, 0.3) is 0 Å². The van der Waals surface area contributed by atoms with Crippen molar-refractivity contribution in [3.8, 4) is 0 Å². The minimum atomic E-state index is -0.838. The highest BCUT2D eigenvalue weighted by Crippen LogP contribution is 2.28. The molecule has 0 radical (unpaired) electrons. The van der Waals surface area contributed by atoms with Gasteiger partial charge in [-0.15, -0.1) is 11.3 Å². The quantitative estimate of drug-likeness (QED) is 0.874. The molecule has 18 heavy (non-hydrogen) atoms. The van der Waals surface area contributed by atoms with Gasteiger partial charge in [0, 0.05) is 17.5 Å². The van der Waals surface area contributed by atoms with E-state index in [0.717, 1.165) is 9.90 Å². The average Bonchev–Trinajstić information content (AvgIpc) is 2.96. The van der Waals surface area contributed by atoms with Crippen LogP contribution in [0.15, 0.2) is 29.0 Å². The first kappa shape index (κ1) is 14.0. The average molecular weight is 302 g/mol. The monoisotopic (exact) mass is 301 g/mol. The number of halogens is 1. The van der Waals surface area contributed by atoms with Crippen molar-refractivity contribution >= 4 is 34.3 Å². The van der Waals surface area contributed by atoms with Gasteiger partial charge in [-0.2, -0.15) is 11.3 Å². The molecule has 2 rings (SSSR count). The van der Waals surface area contributed by atoms with Crippen molar-refractivity contribution in [2.24, 2.45) is 0 Å². The Labute approximate surface area is 120 Å². The van der Waals surface area contributed by atoms with Gasteiger partial charge in [-0.1, -0.05) is 11.6 Å². The predicted octanol–water partition coefficient (Wildman–Crippen LogP) is 4.02. The van der Waals surface area contributed by atoms with Crippen molar-refractivity contribution in [3.05, 3.63) is 43.7 Å². The van der Waals surface area contributed by atoms with Crippen molar-refractivity contribution in [2.75, 3.05) is 6.54 Å². The Morgan fingerprint density at radius 3 is 2.78 bits per heavy atom. The van der Waals surface area contributed by atoms with Crippen molar-refractivity contribution in [1.82, 2.24) is 5.32 Å². The third-order valence-electron chi connectivity index (χ3n) is 2.92. The number of nitrogens with one attached hydrogen (secondary N) is 1. The molecule has 2 nitrogen and oxygen atoms in total. The number of hydrogen-bond donors (Lipinski definition) is 2. The van der Waals surface area contributed by atoms with Crippen LogP contribution in [0.1, 0.15) is 30.3 Å². The summed E-state index contributed by atoms with van der Waals surface area (Å²) in [5, 5.41) is 17.7. The van der Waals surface area contributed by atoms with Gasteiger partial charge >= 0.3 is 0 Å². The van der Waals surface area contributed by atoms with Crippen LogP contribution in [0.2, 0.25) is 4.34 Å². The normalized spacial score (nSPS) is 16.4. The molecule has 0 aliphatic carbocycles. The van der Waals surface area contributed by atoms with E-state index in [1.54, 1.807) is 22.7 Å². The molecule has 2 atom stereocenters. The molecule has 2 N–H and O–H groups in total. The number of hydrogen-bond acceptors (Lipinski definition) is 4. The van der Waals surface area contributed by atoms with Crippen LogP contribution < -0.4 is 5.32 Å². The van der Waals surface area contributed by atoms with E-state index in [-0.39, 0.29) is 6.04 Å².